The zero-order chi connectivity index (χ0) is 16.4. The van der Waals surface area contributed by atoms with Crippen LogP contribution in [-0.2, 0) is 6.42 Å². The number of nitrogens with one attached hydrogen (secondary N) is 1. The van der Waals surface area contributed by atoms with Crippen molar-refractivity contribution in [3.63, 3.8) is 0 Å². The van der Waals surface area contributed by atoms with Crippen molar-refractivity contribution in [3.05, 3.63) is 50.2 Å². The van der Waals surface area contributed by atoms with Gasteiger partial charge in [-0.05, 0) is 48.1 Å². The van der Waals surface area contributed by atoms with Crippen LogP contribution in [0.5, 0.6) is 0 Å². The molecule has 2 heterocycles. The molecule has 0 aliphatic heterocycles. The molecule has 1 N–H and O–H groups in total. The number of hydrogen-bond acceptors (Lipinski definition) is 5. The Hall–Kier alpha value is -1.74. The molecule has 118 valence electrons. The minimum Gasteiger partial charge on any atom is -0.361 e. The van der Waals surface area contributed by atoms with Crippen LogP contribution in [0.25, 0.3) is 11.3 Å². The van der Waals surface area contributed by atoms with E-state index < -0.39 is 0 Å². The predicted octanol–water partition coefficient (Wildman–Crippen LogP) is 4.53. The molecular weight excluding hydrogens is 425 g/mol. The third-order valence-corrected chi connectivity index (χ3v) is 4.84. The molecular formula is C16H14IN3O2S. The van der Waals surface area contributed by atoms with Crippen LogP contribution in [0.3, 0.4) is 0 Å². The van der Waals surface area contributed by atoms with E-state index in [1.807, 2.05) is 36.6 Å². The first-order valence-corrected chi connectivity index (χ1v) is 9.02. The lowest BCUT2D eigenvalue weighted by atomic mass is 10.1. The van der Waals surface area contributed by atoms with Crippen molar-refractivity contribution in [2.75, 3.05) is 5.32 Å². The number of amides is 1. The molecule has 0 unspecified atom stereocenters. The molecule has 0 saturated carbocycles. The predicted molar refractivity (Wildman–Crippen MR) is 98.8 cm³/mol. The third kappa shape index (κ3) is 3.45. The molecule has 0 atom stereocenters. The van der Waals surface area contributed by atoms with Crippen molar-refractivity contribution in [2.24, 2.45) is 0 Å². The summed E-state index contributed by atoms with van der Waals surface area (Å²) < 4.78 is 6.27. The quantitative estimate of drug-likeness (QED) is 0.607. The topological polar surface area (TPSA) is 68.0 Å². The third-order valence-electron chi connectivity index (χ3n) is 3.36. The second-order valence-corrected chi connectivity index (χ2v) is 7.02. The molecule has 0 aliphatic carbocycles. The first kappa shape index (κ1) is 16.1. The number of carbonyl (C=O) groups excluding carboxylic acids is 1. The van der Waals surface area contributed by atoms with Crippen LogP contribution in [0.4, 0.5) is 5.13 Å². The van der Waals surface area contributed by atoms with Crippen LogP contribution in [0, 0.1) is 10.5 Å². The van der Waals surface area contributed by atoms with Gasteiger partial charge in [0.25, 0.3) is 5.91 Å². The molecule has 0 fully saturated rings. The summed E-state index contributed by atoms with van der Waals surface area (Å²) in [5.41, 5.74) is 3.03. The molecule has 5 nitrogen and oxygen atoms in total. The second-order valence-electron chi connectivity index (χ2n) is 4.91. The van der Waals surface area contributed by atoms with Crippen molar-refractivity contribution in [1.82, 2.24) is 10.1 Å². The van der Waals surface area contributed by atoms with Crippen LogP contribution in [0.2, 0.25) is 0 Å². The summed E-state index contributed by atoms with van der Waals surface area (Å²) in [6, 6.07) is 8.09. The van der Waals surface area contributed by atoms with Gasteiger partial charge in [0.2, 0.25) is 0 Å². The van der Waals surface area contributed by atoms with Crippen molar-refractivity contribution in [2.45, 2.75) is 20.3 Å². The van der Waals surface area contributed by atoms with E-state index >= 15 is 0 Å². The lowest BCUT2D eigenvalue weighted by Crippen LogP contribution is -2.14. The van der Waals surface area contributed by atoms with E-state index in [1.54, 1.807) is 6.92 Å². The molecule has 0 radical (unpaired) electrons. The molecule has 2 aromatic heterocycles. The van der Waals surface area contributed by atoms with E-state index in [-0.39, 0.29) is 5.91 Å². The Balaban J connectivity index is 1.80. The smallest absolute Gasteiger partial charge is 0.262 e. The van der Waals surface area contributed by atoms with Gasteiger partial charge in [-0.15, -0.1) is 11.3 Å². The fourth-order valence-corrected chi connectivity index (χ4v) is 3.27. The number of hydrogen-bond donors (Lipinski definition) is 1. The monoisotopic (exact) mass is 439 g/mol. The summed E-state index contributed by atoms with van der Waals surface area (Å²) in [6.07, 6.45) is 0.645. The van der Waals surface area contributed by atoms with Crippen molar-refractivity contribution in [3.8, 4) is 11.3 Å². The fourth-order valence-electron chi connectivity index (χ4n) is 2.19. The van der Waals surface area contributed by atoms with Crippen LogP contribution in [-0.4, -0.2) is 16.0 Å². The number of thiazole rings is 1. The van der Waals surface area contributed by atoms with E-state index in [0.717, 1.165) is 11.3 Å². The second kappa shape index (κ2) is 6.79. The van der Waals surface area contributed by atoms with Crippen LogP contribution in [0.15, 0.2) is 34.2 Å². The van der Waals surface area contributed by atoms with Gasteiger partial charge in [-0.1, -0.05) is 24.2 Å². The van der Waals surface area contributed by atoms with E-state index in [1.165, 1.54) is 14.9 Å². The molecule has 1 aromatic carbocycles. The standard InChI is InChI=1S/C16H14IN3O2S/c1-3-12-14(9(2)22-20-12)15(21)19-16-18-13(8-23-16)10-4-6-11(17)7-5-10/h4-8H,3H2,1-2H3,(H,18,19,21). The summed E-state index contributed by atoms with van der Waals surface area (Å²) in [7, 11) is 0. The van der Waals surface area contributed by atoms with E-state index in [2.05, 4.69) is 38.0 Å². The van der Waals surface area contributed by atoms with Gasteiger partial charge in [-0.2, -0.15) is 0 Å². The van der Waals surface area contributed by atoms with Gasteiger partial charge in [-0.25, -0.2) is 4.98 Å². The summed E-state index contributed by atoms with van der Waals surface area (Å²) in [4.78, 5) is 16.9. The highest BCUT2D eigenvalue weighted by atomic mass is 127. The average molecular weight is 439 g/mol. The van der Waals surface area contributed by atoms with E-state index in [4.69, 9.17) is 4.52 Å². The minimum absolute atomic E-state index is 0.232. The highest BCUT2D eigenvalue weighted by molar-refractivity contribution is 14.1. The first-order valence-electron chi connectivity index (χ1n) is 7.06. The zero-order valence-electron chi connectivity index (χ0n) is 12.6. The van der Waals surface area contributed by atoms with Gasteiger partial charge in [0, 0.05) is 14.5 Å². The Bertz CT molecular complexity index is 839. The van der Waals surface area contributed by atoms with Crippen molar-refractivity contribution in [1.29, 1.82) is 0 Å². The Morgan fingerprint density at radius 2 is 2.09 bits per heavy atom. The van der Waals surface area contributed by atoms with Gasteiger partial charge < -0.3 is 4.52 Å². The summed E-state index contributed by atoms with van der Waals surface area (Å²) in [6.45, 7) is 3.67. The SMILES string of the molecule is CCc1noc(C)c1C(=O)Nc1nc(-c2ccc(I)cc2)cs1. The van der Waals surface area contributed by atoms with Crippen LogP contribution >= 0.6 is 33.9 Å². The number of anilines is 1. The van der Waals surface area contributed by atoms with E-state index in [9.17, 15) is 4.79 Å². The summed E-state index contributed by atoms with van der Waals surface area (Å²) >= 11 is 3.66. The molecule has 1 amide bonds. The van der Waals surface area contributed by atoms with Crippen LogP contribution < -0.4 is 5.32 Å². The van der Waals surface area contributed by atoms with Gasteiger partial charge >= 0.3 is 0 Å². The zero-order valence-corrected chi connectivity index (χ0v) is 15.6. The highest BCUT2D eigenvalue weighted by Gasteiger charge is 2.20. The fraction of sp³-hybridized carbons (Fsp3) is 0.188. The van der Waals surface area contributed by atoms with Gasteiger partial charge in [-0.3, -0.25) is 10.1 Å². The lowest BCUT2D eigenvalue weighted by molar-refractivity contribution is 0.102. The molecule has 3 aromatic rings. The lowest BCUT2D eigenvalue weighted by Gasteiger charge is -2.01. The highest BCUT2D eigenvalue weighted by Crippen LogP contribution is 2.26. The number of rotatable bonds is 4. The molecule has 3 rings (SSSR count). The Morgan fingerprint density at radius 3 is 2.78 bits per heavy atom. The largest absolute Gasteiger partial charge is 0.361 e. The molecule has 0 spiro atoms. The summed E-state index contributed by atoms with van der Waals surface area (Å²) in [5, 5.41) is 9.22. The number of nitrogens with zero attached hydrogens (tertiary/aromatic N) is 2. The van der Waals surface area contributed by atoms with Gasteiger partial charge in [0.05, 0.1) is 11.4 Å². The molecule has 7 heteroatoms. The number of carbonyl (C=O) groups is 1. The normalized spacial score (nSPS) is 10.7. The molecule has 0 aliphatic rings. The van der Waals surface area contributed by atoms with Gasteiger partial charge in [0.15, 0.2) is 5.13 Å². The van der Waals surface area contributed by atoms with Crippen LogP contribution in [0.1, 0.15) is 28.7 Å². The average Bonchev–Trinajstić information content (AvgIpc) is 3.14. The minimum atomic E-state index is -0.232. The Morgan fingerprint density at radius 1 is 1.35 bits per heavy atom. The molecule has 0 saturated heterocycles. The maximum atomic E-state index is 12.4. The van der Waals surface area contributed by atoms with E-state index in [0.29, 0.717) is 28.6 Å². The van der Waals surface area contributed by atoms with Crippen molar-refractivity contribution < 1.29 is 9.32 Å². The van der Waals surface area contributed by atoms with Crippen molar-refractivity contribution >= 4 is 45.0 Å². The number of benzene rings is 1. The summed E-state index contributed by atoms with van der Waals surface area (Å²) in [5.74, 6) is 0.290. The Labute approximate surface area is 151 Å². The number of aryl methyl sites for hydroxylation is 2. The maximum absolute atomic E-state index is 12.4. The maximum Gasteiger partial charge on any atom is 0.262 e. The molecule has 23 heavy (non-hydrogen) atoms. The number of aromatic nitrogens is 2. The first-order chi connectivity index (χ1) is 11.1. The molecule has 0 bridgehead atoms. The Kier molecular flexibility index (Phi) is 4.76. The number of halogens is 1. The van der Waals surface area contributed by atoms with Gasteiger partial charge in [0.1, 0.15) is 11.3 Å².